The van der Waals surface area contributed by atoms with Crippen molar-refractivity contribution >= 4 is 6.09 Å². The summed E-state index contributed by atoms with van der Waals surface area (Å²) in [5.41, 5.74) is -1.14. The van der Waals surface area contributed by atoms with Crippen LogP contribution in [0.15, 0.2) is 0 Å². The maximum absolute atomic E-state index is 11.7. The summed E-state index contributed by atoms with van der Waals surface area (Å²) >= 11 is 0. The van der Waals surface area contributed by atoms with Gasteiger partial charge in [-0.15, -0.1) is 0 Å². The van der Waals surface area contributed by atoms with Crippen LogP contribution < -0.4 is 0 Å². The third-order valence-corrected chi connectivity index (χ3v) is 3.12. The minimum absolute atomic E-state index is 0.319. The molecule has 106 valence electrons. The number of ether oxygens (including phenoxy) is 1. The van der Waals surface area contributed by atoms with Gasteiger partial charge in [-0.2, -0.15) is 0 Å². The van der Waals surface area contributed by atoms with E-state index in [1.54, 1.807) is 4.90 Å². The smallest absolute Gasteiger partial charge is 0.410 e. The second kappa shape index (κ2) is 5.91. The molecule has 1 amide bonds. The van der Waals surface area contributed by atoms with Crippen LogP contribution in [-0.4, -0.2) is 40.4 Å². The molecular weight excluding hydrogens is 230 g/mol. The van der Waals surface area contributed by atoms with Gasteiger partial charge in [0.2, 0.25) is 0 Å². The predicted molar refractivity (Wildman–Crippen MR) is 71.5 cm³/mol. The van der Waals surface area contributed by atoms with Crippen molar-refractivity contribution in [2.75, 3.05) is 13.1 Å². The summed E-state index contributed by atoms with van der Waals surface area (Å²) in [5.74, 6) is 0. The van der Waals surface area contributed by atoms with Crippen LogP contribution in [0.3, 0.4) is 0 Å². The van der Waals surface area contributed by atoms with Crippen LogP contribution in [0.5, 0.6) is 0 Å². The van der Waals surface area contributed by atoms with Crippen LogP contribution in [-0.2, 0) is 4.74 Å². The Balaban J connectivity index is 2.23. The average molecular weight is 257 g/mol. The van der Waals surface area contributed by atoms with E-state index < -0.39 is 11.2 Å². The molecule has 1 N–H and O–H groups in total. The second-order valence-corrected chi connectivity index (χ2v) is 6.37. The van der Waals surface area contributed by atoms with Crippen molar-refractivity contribution in [3.63, 3.8) is 0 Å². The van der Waals surface area contributed by atoms with Gasteiger partial charge < -0.3 is 14.7 Å². The minimum atomic E-state index is -0.676. The number of nitrogens with zero attached hydrogens (tertiary/aromatic N) is 1. The lowest BCUT2D eigenvalue weighted by Crippen LogP contribution is -2.64. The van der Waals surface area contributed by atoms with Gasteiger partial charge in [0.05, 0.1) is 18.7 Å². The molecule has 0 saturated carbocycles. The van der Waals surface area contributed by atoms with Crippen LogP contribution >= 0.6 is 0 Å². The summed E-state index contributed by atoms with van der Waals surface area (Å²) in [5, 5.41) is 10.2. The van der Waals surface area contributed by atoms with Gasteiger partial charge in [0.25, 0.3) is 0 Å². The topological polar surface area (TPSA) is 49.8 Å². The highest BCUT2D eigenvalue weighted by molar-refractivity contribution is 5.69. The lowest BCUT2D eigenvalue weighted by atomic mass is 9.88. The molecule has 4 heteroatoms. The number of hydrogen-bond acceptors (Lipinski definition) is 3. The number of unbranched alkanes of at least 4 members (excludes halogenated alkanes) is 3. The molecule has 0 aromatic heterocycles. The molecule has 0 aromatic carbocycles. The molecule has 0 unspecified atom stereocenters. The van der Waals surface area contributed by atoms with Gasteiger partial charge in [-0.05, 0) is 27.2 Å². The Hall–Kier alpha value is -0.770. The predicted octanol–water partition coefficient (Wildman–Crippen LogP) is 2.94. The van der Waals surface area contributed by atoms with E-state index in [1.807, 2.05) is 20.8 Å². The van der Waals surface area contributed by atoms with E-state index in [2.05, 4.69) is 6.92 Å². The molecule has 0 aliphatic carbocycles. The van der Waals surface area contributed by atoms with E-state index in [0.29, 0.717) is 13.1 Å². The molecular formula is C14H27NO3. The molecule has 18 heavy (non-hydrogen) atoms. The van der Waals surface area contributed by atoms with E-state index in [4.69, 9.17) is 4.74 Å². The molecule has 0 spiro atoms. The molecule has 1 fully saturated rings. The number of amides is 1. The Bertz CT molecular complexity index is 277. The first-order chi connectivity index (χ1) is 8.26. The molecule has 0 atom stereocenters. The second-order valence-electron chi connectivity index (χ2n) is 6.37. The lowest BCUT2D eigenvalue weighted by molar-refractivity contribution is -0.103. The molecule has 1 saturated heterocycles. The maximum atomic E-state index is 11.7. The minimum Gasteiger partial charge on any atom is -0.444 e. The summed E-state index contributed by atoms with van der Waals surface area (Å²) in [7, 11) is 0. The molecule has 1 aliphatic heterocycles. The van der Waals surface area contributed by atoms with E-state index in [0.717, 1.165) is 19.3 Å². The quantitative estimate of drug-likeness (QED) is 0.770. The van der Waals surface area contributed by atoms with Crippen molar-refractivity contribution in [2.45, 2.75) is 71.0 Å². The average Bonchev–Trinajstić information content (AvgIpc) is 2.18. The molecule has 1 rings (SSSR count). The van der Waals surface area contributed by atoms with Gasteiger partial charge in [-0.1, -0.05) is 32.6 Å². The summed E-state index contributed by atoms with van der Waals surface area (Å²) in [6.07, 6.45) is 5.07. The highest BCUT2D eigenvalue weighted by atomic mass is 16.6. The summed E-state index contributed by atoms with van der Waals surface area (Å²) in [6, 6.07) is 0. The van der Waals surface area contributed by atoms with Crippen LogP contribution in [0.4, 0.5) is 4.79 Å². The zero-order valence-electron chi connectivity index (χ0n) is 12.2. The van der Waals surface area contributed by atoms with Crippen molar-refractivity contribution in [3.8, 4) is 0 Å². The van der Waals surface area contributed by atoms with Crippen molar-refractivity contribution in [1.29, 1.82) is 0 Å². The Morgan fingerprint density at radius 2 is 1.89 bits per heavy atom. The summed E-state index contributed by atoms with van der Waals surface area (Å²) in [6.45, 7) is 8.54. The molecule has 4 nitrogen and oxygen atoms in total. The Morgan fingerprint density at radius 1 is 1.28 bits per heavy atom. The maximum Gasteiger partial charge on any atom is 0.410 e. The highest BCUT2D eigenvalue weighted by Gasteiger charge is 2.44. The fourth-order valence-electron chi connectivity index (χ4n) is 2.16. The van der Waals surface area contributed by atoms with Gasteiger partial charge in [-0.3, -0.25) is 0 Å². The molecule has 1 aliphatic rings. The Morgan fingerprint density at radius 3 is 2.39 bits per heavy atom. The number of aliphatic hydroxyl groups is 1. The number of carbonyl (C=O) groups is 1. The molecule has 0 radical (unpaired) electrons. The van der Waals surface area contributed by atoms with Gasteiger partial charge in [0.1, 0.15) is 5.60 Å². The van der Waals surface area contributed by atoms with Crippen molar-refractivity contribution in [3.05, 3.63) is 0 Å². The third-order valence-electron chi connectivity index (χ3n) is 3.12. The highest BCUT2D eigenvalue weighted by Crippen LogP contribution is 2.28. The van der Waals surface area contributed by atoms with Crippen LogP contribution in [0.25, 0.3) is 0 Å². The van der Waals surface area contributed by atoms with Crippen molar-refractivity contribution in [2.24, 2.45) is 0 Å². The summed E-state index contributed by atoms with van der Waals surface area (Å²) in [4.78, 5) is 13.3. The first kappa shape index (κ1) is 15.3. The fourth-order valence-corrected chi connectivity index (χ4v) is 2.16. The van der Waals surface area contributed by atoms with Gasteiger partial charge >= 0.3 is 6.09 Å². The lowest BCUT2D eigenvalue weighted by Gasteiger charge is -2.46. The number of carbonyl (C=O) groups excluding carboxylic acids is 1. The van der Waals surface area contributed by atoms with Crippen molar-refractivity contribution < 1.29 is 14.6 Å². The monoisotopic (exact) mass is 257 g/mol. The van der Waals surface area contributed by atoms with Crippen LogP contribution in [0.1, 0.15) is 59.8 Å². The van der Waals surface area contributed by atoms with Gasteiger partial charge in [-0.25, -0.2) is 4.79 Å². The Labute approximate surface area is 110 Å². The number of hydrogen-bond donors (Lipinski definition) is 1. The zero-order valence-corrected chi connectivity index (χ0v) is 12.2. The fraction of sp³-hybridized carbons (Fsp3) is 0.929. The zero-order chi connectivity index (χ0) is 13.8. The molecule has 0 bridgehead atoms. The normalized spacial score (nSPS) is 18.4. The van der Waals surface area contributed by atoms with E-state index in [-0.39, 0.29) is 6.09 Å². The number of likely N-dealkylation sites (tertiary alicyclic amines) is 1. The van der Waals surface area contributed by atoms with Crippen molar-refractivity contribution in [1.82, 2.24) is 4.90 Å². The number of rotatable bonds is 5. The van der Waals surface area contributed by atoms with Crippen LogP contribution in [0.2, 0.25) is 0 Å². The van der Waals surface area contributed by atoms with Crippen LogP contribution in [0, 0.1) is 0 Å². The summed E-state index contributed by atoms with van der Waals surface area (Å²) < 4.78 is 5.25. The van der Waals surface area contributed by atoms with Gasteiger partial charge in [0, 0.05) is 0 Å². The number of β-amino-alcohol motifs (C(OH)–C–C–N with tert-alkyl or cyclic N) is 1. The first-order valence-corrected chi connectivity index (χ1v) is 6.96. The van der Waals surface area contributed by atoms with Gasteiger partial charge in [0.15, 0.2) is 0 Å². The largest absolute Gasteiger partial charge is 0.444 e. The SMILES string of the molecule is CCCCCCC1(O)CN(C(=O)OC(C)(C)C)C1. The van der Waals surface area contributed by atoms with E-state index >= 15 is 0 Å². The first-order valence-electron chi connectivity index (χ1n) is 6.96. The molecule has 0 aromatic rings. The van der Waals surface area contributed by atoms with E-state index in [9.17, 15) is 9.90 Å². The third kappa shape index (κ3) is 4.84. The molecule has 1 heterocycles. The van der Waals surface area contributed by atoms with E-state index in [1.165, 1.54) is 12.8 Å². The standard InChI is InChI=1S/C14H27NO3/c1-5-6-7-8-9-14(17)10-15(11-14)12(16)18-13(2,3)4/h17H,5-11H2,1-4H3. The Kier molecular flexibility index (Phi) is 5.02.